The second-order valence-electron chi connectivity index (χ2n) is 12.4. The molecule has 212 valence electrons. The molecule has 0 saturated carbocycles. The molecule has 5 rings (SSSR count). The van der Waals surface area contributed by atoms with E-state index in [0.717, 1.165) is 47.7 Å². The average molecular weight is 546 g/mol. The summed E-state index contributed by atoms with van der Waals surface area (Å²) in [6.45, 7) is 13.3. The smallest absolute Gasteiger partial charge is 0.410 e. The highest BCUT2D eigenvalue weighted by Gasteiger charge is 2.35. The first-order chi connectivity index (χ1) is 19.0. The highest BCUT2D eigenvalue weighted by molar-refractivity contribution is 5.94. The summed E-state index contributed by atoms with van der Waals surface area (Å²) in [4.78, 5) is 29.0. The second kappa shape index (κ2) is 10.9. The number of amides is 2. The Labute approximate surface area is 235 Å². The lowest BCUT2D eigenvalue weighted by atomic mass is 9.80. The predicted octanol–water partition coefficient (Wildman–Crippen LogP) is 4.76. The molecule has 0 bridgehead atoms. The fourth-order valence-electron chi connectivity index (χ4n) is 5.09. The van der Waals surface area contributed by atoms with Gasteiger partial charge in [-0.05, 0) is 75.8 Å². The largest absolute Gasteiger partial charge is 0.444 e. The van der Waals surface area contributed by atoms with Crippen molar-refractivity contribution in [3.05, 3.63) is 54.5 Å². The summed E-state index contributed by atoms with van der Waals surface area (Å²) in [6.07, 6.45) is 5.50. The average Bonchev–Trinajstić information content (AvgIpc) is 3.32. The zero-order valence-electron chi connectivity index (χ0n) is 24.1. The number of hydrogen-bond acceptors (Lipinski definition) is 7. The lowest BCUT2D eigenvalue weighted by molar-refractivity contribution is -0.120. The third-order valence-electron chi connectivity index (χ3n) is 7.65. The molecule has 1 N–H and O–H groups in total. The lowest BCUT2D eigenvalue weighted by Crippen LogP contribution is -2.52. The molecule has 1 aromatic carbocycles. The molecular formula is C30H39N7O3. The van der Waals surface area contributed by atoms with Crippen LogP contribution in [0.4, 0.5) is 16.3 Å². The molecule has 2 fully saturated rings. The van der Waals surface area contributed by atoms with Crippen LogP contribution in [0.3, 0.4) is 0 Å². The van der Waals surface area contributed by atoms with Crippen LogP contribution in [0, 0.1) is 18.3 Å². The van der Waals surface area contributed by atoms with Crippen molar-refractivity contribution in [1.82, 2.24) is 24.9 Å². The Bertz CT molecular complexity index is 1330. The summed E-state index contributed by atoms with van der Waals surface area (Å²) in [5, 5.41) is 15.9. The van der Waals surface area contributed by atoms with E-state index in [-0.39, 0.29) is 23.3 Å². The van der Waals surface area contributed by atoms with E-state index in [0.29, 0.717) is 26.2 Å². The maximum absolute atomic E-state index is 12.7. The molecule has 2 aliphatic heterocycles. The zero-order valence-corrected chi connectivity index (χ0v) is 24.1. The van der Waals surface area contributed by atoms with Crippen LogP contribution in [0.25, 0.3) is 11.1 Å². The van der Waals surface area contributed by atoms with E-state index in [9.17, 15) is 9.59 Å². The van der Waals surface area contributed by atoms with E-state index in [1.165, 1.54) is 0 Å². The van der Waals surface area contributed by atoms with Gasteiger partial charge in [0.1, 0.15) is 5.60 Å². The van der Waals surface area contributed by atoms with Crippen molar-refractivity contribution >= 4 is 23.5 Å². The molecule has 40 heavy (non-hydrogen) atoms. The standard InChI is InChI=1S/C30H39N7O3/c1-21-6-11-26(34-33-21)36-17-24(18-36)27(38)32-25-9-7-22(8-10-25)23-16-31-37(19-23)20-30(5)12-14-35(15-13-30)28(39)40-29(2,3)4/h6-11,16,19,24H,12-15,17-18,20H2,1-5H3,(H,32,38). The first kappa shape index (κ1) is 27.6. The maximum atomic E-state index is 12.7. The summed E-state index contributed by atoms with van der Waals surface area (Å²) in [5.74, 6) is 0.751. The number of hydrogen-bond donors (Lipinski definition) is 1. The van der Waals surface area contributed by atoms with E-state index >= 15 is 0 Å². The highest BCUT2D eigenvalue weighted by atomic mass is 16.6. The van der Waals surface area contributed by atoms with Crippen LogP contribution in [-0.2, 0) is 16.1 Å². The minimum atomic E-state index is -0.483. The maximum Gasteiger partial charge on any atom is 0.410 e. The number of nitrogens with zero attached hydrogens (tertiary/aromatic N) is 6. The van der Waals surface area contributed by atoms with Gasteiger partial charge in [-0.25, -0.2) is 4.79 Å². The summed E-state index contributed by atoms with van der Waals surface area (Å²) in [5.41, 5.74) is 3.30. The van der Waals surface area contributed by atoms with Crippen LogP contribution < -0.4 is 10.2 Å². The van der Waals surface area contributed by atoms with Gasteiger partial charge in [0, 0.05) is 50.2 Å². The fourth-order valence-corrected chi connectivity index (χ4v) is 5.09. The normalized spacial score (nSPS) is 17.3. The number of aromatic nitrogens is 4. The Hall–Kier alpha value is -3.95. The number of carbonyl (C=O) groups excluding carboxylic acids is 2. The summed E-state index contributed by atoms with van der Waals surface area (Å²) in [6, 6.07) is 11.7. The van der Waals surface area contributed by atoms with Gasteiger partial charge >= 0.3 is 6.09 Å². The lowest BCUT2D eigenvalue weighted by Gasteiger charge is -2.39. The van der Waals surface area contributed by atoms with E-state index in [1.807, 2.05) is 79.9 Å². The topological polar surface area (TPSA) is 105 Å². The van der Waals surface area contributed by atoms with Crippen LogP contribution in [-0.4, -0.2) is 68.7 Å². The second-order valence-corrected chi connectivity index (χ2v) is 12.4. The SMILES string of the molecule is Cc1ccc(N2CC(C(=O)Nc3ccc(-c4cnn(CC5(C)CCN(C(=O)OC(C)(C)C)CC5)c4)cc3)C2)nn1. The molecule has 3 aromatic rings. The molecule has 2 aliphatic rings. The molecule has 10 nitrogen and oxygen atoms in total. The van der Waals surface area contributed by atoms with Gasteiger partial charge in [0.05, 0.1) is 17.8 Å². The van der Waals surface area contributed by atoms with Crippen molar-refractivity contribution in [2.24, 2.45) is 11.3 Å². The Balaban J connectivity index is 1.10. The number of ether oxygens (including phenoxy) is 1. The third kappa shape index (κ3) is 6.60. The van der Waals surface area contributed by atoms with Gasteiger partial charge in [-0.1, -0.05) is 19.1 Å². The van der Waals surface area contributed by atoms with Crippen molar-refractivity contribution in [3.63, 3.8) is 0 Å². The number of piperidine rings is 1. The summed E-state index contributed by atoms with van der Waals surface area (Å²) in [7, 11) is 0. The Morgan fingerprint density at radius 3 is 2.35 bits per heavy atom. The number of benzene rings is 1. The molecule has 0 spiro atoms. The van der Waals surface area contributed by atoms with Crippen LogP contribution in [0.15, 0.2) is 48.8 Å². The first-order valence-corrected chi connectivity index (χ1v) is 13.9. The molecule has 2 saturated heterocycles. The molecular weight excluding hydrogens is 506 g/mol. The molecule has 2 amide bonds. The summed E-state index contributed by atoms with van der Waals surface area (Å²) < 4.78 is 7.52. The van der Waals surface area contributed by atoms with Crippen LogP contribution in [0.1, 0.15) is 46.2 Å². The molecule has 0 aliphatic carbocycles. The third-order valence-corrected chi connectivity index (χ3v) is 7.65. The molecule has 0 unspecified atom stereocenters. The summed E-state index contributed by atoms with van der Waals surface area (Å²) >= 11 is 0. The molecule has 0 radical (unpaired) electrons. The number of carbonyl (C=O) groups is 2. The Morgan fingerprint density at radius 2 is 1.73 bits per heavy atom. The molecule has 2 aromatic heterocycles. The number of rotatable bonds is 6. The number of likely N-dealkylation sites (tertiary alicyclic amines) is 1. The van der Waals surface area contributed by atoms with Crippen molar-refractivity contribution < 1.29 is 14.3 Å². The predicted molar refractivity (Wildman–Crippen MR) is 154 cm³/mol. The number of nitrogens with one attached hydrogen (secondary N) is 1. The van der Waals surface area contributed by atoms with Gasteiger partial charge in [0.15, 0.2) is 5.82 Å². The molecule has 0 atom stereocenters. The monoisotopic (exact) mass is 545 g/mol. The minimum absolute atomic E-state index is 0.0165. The van der Waals surface area contributed by atoms with E-state index < -0.39 is 5.60 Å². The van der Waals surface area contributed by atoms with Gasteiger partial charge in [-0.3, -0.25) is 9.48 Å². The number of aryl methyl sites for hydroxylation is 1. The van der Waals surface area contributed by atoms with Gasteiger partial charge in [0.25, 0.3) is 0 Å². The first-order valence-electron chi connectivity index (χ1n) is 13.9. The van der Waals surface area contributed by atoms with E-state index in [1.54, 1.807) is 0 Å². The highest BCUT2D eigenvalue weighted by Crippen LogP contribution is 2.34. The zero-order chi connectivity index (χ0) is 28.5. The van der Waals surface area contributed by atoms with Crippen molar-refractivity contribution in [2.45, 2.75) is 59.6 Å². The van der Waals surface area contributed by atoms with Crippen LogP contribution in [0.2, 0.25) is 0 Å². The Kier molecular flexibility index (Phi) is 7.53. The molecule has 4 heterocycles. The quantitative estimate of drug-likeness (QED) is 0.476. The van der Waals surface area contributed by atoms with Gasteiger partial charge in [-0.2, -0.15) is 10.2 Å². The van der Waals surface area contributed by atoms with Gasteiger partial charge < -0.3 is 19.9 Å². The number of anilines is 2. The van der Waals surface area contributed by atoms with Crippen molar-refractivity contribution in [3.8, 4) is 11.1 Å². The van der Waals surface area contributed by atoms with Gasteiger partial charge in [0.2, 0.25) is 5.91 Å². The van der Waals surface area contributed by atoms with Crippen molar-refractivity contribution in [1.29, 1.82) is 0 Å². The van der Waals surface area contributed by atoms with E-state index in [2.05, 4.69) is 38.6 Å². The Morgan fingerprint density at radius 1 is 1.02 bits per heavy atom. The minimum Gasteiger partial charge on any atom is -0.444 e. The molecule has 10 heteroatoms. The van der Waals surface area contributed by atoms with Gasteiger partial charge in [-0.15, -0.1) is 5.10 Å². The van der Waals surface area contributed by atoms with Crippen LogP contribution in [0.5, 0.6) is 0 Å². The van der Waals surface area contributed by atoms with E-state index in [4.69, 9.17) is 4.74 Å². The van der Waals surface area contributed by atoms with Crippen LogP contribution >= 0.6 is 0 Å². The van der Waals surface area contributed by atoms with Crippen molar-refractivity contribution in [2.75, 3.05) is 36.4 Å². The fraction of sp³-hybridized carbons (Fsp3) is 0.500.